The molecule has 0 atom stereocenters. The van der Waals surface area contributed by atoms with Crippen molar-refractivity contribution in [2.24, 2.45) is 0 Å². The topological polar surface area (TPSA) is 57.2 Å². The minimum atomic E-state index is 0.118. The summed E-state index contributed by atoms with van der Waals surface area (Å²) in [5, 5.41) is 9.07. The summed E-state index contributed by atoms with van der Waals surface area (Å²) in [5.74, 6) is 1.56. The van der Waals surface area contributed by atoms with Crippen LogP contribution in [0.3, 0.4) is 0 Å². The standard InChI is InChI=1S/C22H34O5/c1-6-19-12-21(26-15-24-4)20(22(13-19)27-16-25-5)11-10-17(2)8-7-9-18(3)14-23/h9-10,12-13,23H,6-8,11,14-16H2,1-5H3/b17-10+,18-9+. The van der Waals surface area contributed by atoms with Crippen molar-refractivity contribution in [1.82, 2.24) is 0 Å². The molecule has 5 nitrogen and oxygen atoms in total. The van der Waals surface area contributed by atoms with Crippen LogP contribution in [-0.2, 0) is 22.3 Å². The van der Waals surface area contributed by atoms with Gasteiger partial charge in [-0.3, -0.25) is 0 Å². The lowest BCUT2D eigenvalue weighted by molar-refractivity contribution is 0.0447. The first kappa shape index (κ1) is 23.2. The van der Waals surface area contributed by atoms with Gasteiger partial charge in [0.15, 0.2) is 13.6 Å². The van der Waals surface area contributed by atoms with E-state index in [4.69, 9.17) is 24.1 Å². The Labute approximate surface area is 163 Å². The third kappa shape index (κ3) is 8.61. The zero-order valence-corrected chi connectivity index (χ0v) is 17.3. The van der Waals surface area contributed by atoms with Crippen LogP contribution in [0.5, 0.6) is 11.5 Å². The van der Waals surface area contributed by atoms with Gasteiger partial charge in [-0.15, -0.1) is 0 Å². The molecule has 0 bridgehead atoms. The summed E-state index contributed by atoms with van der Waals surface area (Å²) in [6, 6.07) is 4.09. The van der Waals surface area contributed by atoms with Gasteiger partial charge in [-0.05, 0) is 57.2 Å². The molecule has 1 N–H and O–H groups in total. The summed E-state index contributed by atoms with van der Waals surface area (Å²) in [5.41, 5.74) is 4.42. The maximum Gasteiger partial charge on any atom is 0.188 e. The molecule has 0 saturated heterocycles. The zero-order chi connectivity index (χ0) is 20.1. The zero-order valence-electron chi connectivity index (χ0n) is 17.3. The molecule has 0 aliphatic carbocycles. The minimum absolute atomic E-state index is 0.118. The van der Waals surface area contributed by atoms with Crippen LogP contribution in [0.4, 0.5) is 0 Å². The molecule has 0 aliphatic heterocycles. The summed E-state index contributed by atoms with van der Waals surface area (Å²) < 4.78 is 21.8. The number of methoxy groups -OCH3 is 2. The molecule has 0 unspecified atom stereocenters. The number of ether oxygens (including phenoxy) is 4. The fraction of sp³-hybridized carbons (Fsp3) is 0.545. The first-order valence-electron chi connectivity index (χ1n) is 9.37. The molecular weight excluding hydrogens is 344 g/mol. The van der Waals surface area contributed by atoms with E-state index in [2.05, 4.69) is 26.0 Å². The molecule has 1 rings (SSSR count). The number of allylic oxidation sites excluding steroid dienone is 3. The van der Waals surface area contributed by atoms with Crippen LogP contribution in [0.1, 0.15) is 44.7 Å². The van der Waals surface area contributed by atoms with E-state index in [1.54, 1.807) is 14.2 Å². The predicted octanol–water partition coefficient (Wildman–Crippen LogP) is 4.42. The monoisotopic (exact) mass is 378 g/mol. The Bertz CT molecular complexity index is 590. The van der Waals surface area contributed by atoms with Crippen LogP contribution in [0.2, 0.25) is 0 Å². The van der Waals surface area contributed by atoms with Gasteiger partial charge in [0.05, 0.1) is 6.61 Å². The molecule has 0 heterocycles. The smallest absolute Gasteiger partial charge is 0.188 e. The van der Waals surface area contributed by atoms with Crippen molar-refractivity contribution in [2.75, 3.05) is 34.4 Å². The molecule has 27 heavy (non-hydrogen) atoms. The third-order valence-corrected chi connectivity index (χ3v) is 4.24. The lowest BCUT2D eigenvalue weighted by Crippen LogP contribution is -2.07. The van der Waals surface area contributed by atoms with Crippen LogP contribution in [0.15, 0.2) is 35.4 Å². The Morgan fingerprint density at radius 3 is 2.04 bits per heavy atom. The largest absolute Gasteiger partial charge is 0.467 e. The fourth-order valence-corrected chi connectivity index (χ4v) is 2.57. The molecule has 5 heteroatoms. The Morgan fingerprint density at radius 2 is 1.56 bits per heavy atom. The molecule has 0 aliphatic rings. The number of aliphatic hydroxyl groups excluding tert-OH is 1. The Hall–Kier alpha value is -1.82. The van der Waals surface area contributed by atoms with E-state index in [1.807, 2.05) is 19.1 Å². The lowest BCUT2D eigenvalue weighted by Gasteiger charge is -2.17. The molecule has 152 valence electrons. The van der Waals surface area contributed by atoms with E-state index in [1.165, 1.54) is 5.57 Å². The number of hydrogen-bond donors (Lipinski definition) is 1. The van der Waals surface area contributed by atoms with Crippen molar-refractivity contribution in [3.05, 3.63) is 46.6 Å². The van der Waals surface area contributed by atoms with Gasteiger partial charge in [-0.25, -0.2) is 0 Å². The highest BCUT2D eigenvalue weighted by Crippen LogP contribution is 2.32. The first-order valence-corrected chi connectivity index (χ1v) is 9.37. The predicted molar refractivity (Wildman–Crippen MR) is 108 cm³/mol. The van der Waals surface area contributed by atoms with E-state index in [-0.39, 0.29) is 20.2 Å². The Kier molecular flexibility index (Phi) is 11.5. The highest BCUT2D eigenvalue weighted by atomic mass is 16.7. The first-order chi connectivity index (χ1) is 13.0. The second-order valence-corrected chi connectivity index (χ2v) is 6.53. The second kappa shape index (κ2) is 13.4. The number of aryl methyl sites for hydroxylation is 1. The van der Waals surface area contributed by atoms with E-state index >= 15 is 0 Å². The van der Waals surface area contributed by atoms with Gasteiger partial charge in [-0.2, -0.15) is 0 Å². The van der Waals surface area contributed by atoms with Crippen LogP contribution in [0.25, 0.3) is 0 Å². The van der Waals surface area contributed by atoms with Crippen molar-refractivity contribution < 1.29 is 24.1 Å². The van der Waals surface area contributed by atoms with Crippen LogP contribution in [-0.4, -0.2) is 39.5 Å². The van der Waals surface area contributed by atoms with Crippen molar-refractivity contribution in [1.29, 1.82) is 0 Å². The molecule has 0 aromatic heterocycles. The summed E-state index contributed by atoms with van der Waals surface area (Å²) in [4.78, 5) is 0. The SMILES string of the molecule is CCc1cc(OCOC)c(C/C=C(\C)CC/C=C(\C)CO)c(OCOC)c1. The summed E-state index contributed by atoms with van der Waals surface area (Å²) >= 11 is 0. The van der Waals surface area contributed by atoms with Crippen molar-refractivity contribution in [3.63, 3.8) is 0 Å². The highest BCUT2D eigenvalue weighted by molar-refractivity contribution is 5.49. The molecule has 0 saturated carbocycles. The Morgan fingerprint density at radius 1 is 0.963 bits per heavy atom. The number of aliphatic hydroxyl groups is 1. The number of hydrogen-bond acceptors (Lipinski definition) is 5. The molecule has 0 radical (unpaired) electrons. The molecular formula is C22H34O5. The van der Waals surface area contributed by atoms with Crippen molar-refractivity contribution in [2.45, 2.75) is 46.5 Å². The molecule has 0 spiro atoms. The molecule has 0 amide bonds. The van der Waals surface area contributed by atoms with Gasteiger partial charge < -0.3 is 24.1 Å². The van der Waals surface area contributed by atoms with Crippen LogP contribution < -0.4 is 9.47 Å². The molecule has 1 aromatic rings. The van der Waals surface area contributed by atoms with E-state index < -0.39 is 0 Å². The fourth-order valence-electron chi connectivity index (χ4n) is 2.57. The third-order valence-electron chi connectivity index (χ3n) is 4.24. The Balaban J connectivity index is 3.00. The average molecular weight is 379 g/mol. The van der Waals surface area contributed by atoms with Crippen LogP contribution >= 0.6 is 0 Å². The van der Waals surface area contributed by atoms with Gasteiger partial charge in [0.1, 0.15) is 11.5 Å². The highest BCUT2D eigenvalue weighted by Gasteiger charge is 2.13. The molecule has 0 fully saturated rings. The van der Waals surface area contributed by atoms with E-state index in [0.29, 0.717) is 6.42 Å². The second-order valence-electron chi connectivity index (χ2n) is 6.53. The van der Waals surface area contributed by atoms with Crippen LogP contribution in [0, 0.1) is 0 Å². The van der Waals surface area contributed by atoms with Gasteiger partial charge in [0.25, 0.3) is 0 Å². The van der Waals surface area contributed by atoms with E-state index in [9.17, 15) is 0 Å². The normalized spacial score (nSPS) is 12.4. The van der Waals surface area contributed by atoms with Gasteiger partial charge >= 0.3 is 0 Å². The summed E-state index contributed by atoms with van der Waals surface area (Å²) in [6.45, 7) is 6.66. The average Bonchev–Trinajstić information content (AvgIpc) is 2.68. The maximum atomic E-state index is 9.07. The minimum Gasteiger partial charge on any atom is -0.467 e. The van der Waals surface area contributed by atoms with Crippen molar-refractivity contribution >= 4 is 0 Å². The summed E-state index contributed by atoms with van der Waals surface area (Å²) in [6.07, 6.45) is 7.74. The van der Waals surface area contributed by atoms with Gasteiger partial charge in [-0.1, -0.05) is 30.2 Å². The maximum absolute atomic E-state index is 9.07. The molecule has 1 aromatic carbocycles. The quantitative estimate of drug-likeness (QED) is 0.407. The number of benzene rings is 1. The lowest BCUT2D eigenvalue weighted by atomic mass is 10.0. The van der Waals surface area contributed by atoms with E-state index in [0.717, 1.165) is 47.5 Å². The summed E-state index contributed by atoms with van der Waals surface area (Å²) in [7, 11) is 3.22. The number of rotatable bonds is 13. The van der Waals surface area contributed by atoms with Gasteiger partial charge in [0.2, 0.25) is 0 Å². The van der Waals surface area contributed by atoms with Crippen molar-refractivity contribution in [3.8, 4) is 11.5 Å². The van der Waals surface area contributed by atoms with Gasteiger partial charge in [0, 0.05) is 19.8 Å².